The molecule has 3 rings (SSSR count). The van der Waals surface area contributed by atoms with E-state index in [4.69, 9.17) is 4.74 Å². The van der Waals surface area contributed by atoms with Crippen LogP contribution in [0, 0.1) is 0 Å². The van der Waals surface area contributed by atoms with Crippen LogP contribution in [-0.2, 0) is 11.3 Å². The van der Waals surface area contributed by atoms with Gasteiger partial charge in [0.1, 0.15) is 6.61 Å². The van der Waals surface area contributed by atoms with Gasteiger partial charge in [0.15, 0.2) is 0 Å². The van der Waals surface area contributed by atoms with Gasteiger partial charge in [-0.2, -0.15) is 0 Å². The lowest BCUT2D eigenvalue weighted by atomic mass is 10.2. The second-order valence-electron chi connectivity index (χ2n) is 5.23. The molecule has 0 aliphatic carbocycles. The van der Waals surface area contributed by atoms with Crippen LogP contribution in [-0.4, -0.2) is 42.2 Å². The molecule has 5 heteroatoms. The van der Waals surface area contributed by atoms with E-state index in [0.717, 1.165) is 24.3 Å². The van der Waals surface area contributed by atoms with Gasteiger partial charge in [0.05, 0.1) is 11.9 Å². The number of amides is 1. The van der Waals surface area contributed by atoms with Crippen LogP contribution in [0.15, 0.2) is 54.9 Å². The minimum atomic E-state index is -0.241. The quantitative estimate of drug-likeness (QED) is 0.873. The first-order chi connectivity index (χ1) is 10.8. The first-order valence-electron chi connectivity index (χ1n) is 7.43. The van der Waals surface area contributed by atoms with Crippen LogP contribution in [0.1, 0.15) is 5.56 Å². The Labute approximate surface area is 130 Å². The Kier molecular flexibility index (Phi) is 4.53. The molecule has 2 heterocycles. The molecule has 0 atom stereocenters. The first kappa shape index (κ1) is 14.4. The van der Waals surface area contributed by atoms with Gasteiger partial charge < -0.3 is 14.5 Å². The molecular formula is C17H19N3O2. The van der Waals surface area contributed by atoms with Crippen LogP contribution in [0.3, 0.4) is 0 Å². The molecule has 0 bridgehead atoms. The predicted octanol–water partition coefficient (Wildman–Crippen LogP) is 2.54. The van der Waals surface area contributed by atoms with Crippen molar-refractivity contribution in [2.45, 2.75) is 6.61 Å². The van der Waals surface area contributed by atoms with E-state index in [-0.39, 0.29) is 6.09 Å². The summed E-state index contributed by atoms with van der Waals surface area (Å²) in [5.41, 5.74) is 2.10. The second-order valence-corrected chi connectivity index (χ2v) is 5.23. The van der Waals surface area contributed by atoms with E-state index in [1.54, 1.807) is 11.1 Å². The maximum Gasteiger partial charge on any atom is 0.410 e. The van der Waals surface area contributed by atoms with E-state index >= 15 is 0 Å². The van der Waals surface area contributed by atoms with Crippen molar-refractivity contribution in [3.8, 4) is 0 Å². The predicted molar refractivity (Wildman–Crippen MR) is 84.7 cm³/mol. The fraction of sp³-hybridized carbons (Fsp3) is 0.294. The zero-order valence-electron chi connectivity index (χ0n) is 12.4. The number of aromatic nitrogens is 1. The average Bonchev–Trinajstić information content (AvgIpc) is 2.61. The van der Waals surface area contributed by atoms with Gasteiger partial charge in [-0.3, -0.25) is 4.98 Å². The molecule has 22 heavy (non-hydrogen) atoms. The van der Waals surface area contributed by atoms with Crippen LogP contribution in [0.5, 0.6) is 0 Å². The summed E-state index contributed by atoms with van der Waals surface area (Å²) in [4.78, 5) is 20.2. The number of carbonyl (C=O) groups excluding carboxylic acids is 1. The zero-order chi connectivity index (χ0) is 15.2. The van der Waals surface area contributed by atoms with Crippen LogP contribution in [0.4, 0.5) is 10.5 Å². The standard InChI is InChI=1S/C17H19N3O2/c21-17(22-14-15-5-2-1-3-6-15)20-11-9-19(10-12-20)16-7-4-8-18-13-16/h1-8,13H,9-12,14H2. The molecule has 1 amide bonds. The highest BCUT2D eigenvalue weighted by atomic mass is 16.6. The van der Waals surface area contributed by atoms with Gasteiger partial charge in [0, 0.05) is 32.4 Å². The van der Waals surface area contributed by atoms with Crippen molar-refractivity contribution in [2.24, 2.45) is 0 Å². The number of pyridine rings is 1. The molecule has 0 N–H and O–H groups in total. The highest BCUT2D eigenvalue weighted by Gasteiger charge is 2.22. The maximum absolute atomic E-state index is 12.1. The van der Waals surface area contributed by atoms with Gasteiger partial charge in [-0.05, 0) is 17.7 Å². The molecule has 1 aromatic carbocycles. The average molecular weight is 297 g/mol. The lowest BCUT2D eigenvalue weighted by molar-refractivity contribution is 0.0942. The summed E-state index contributed by atoms with van der Waals surface area (Å²) in [6.45, 7) is 3.26. The summed E-state index contributed by atoms with van der Waals surface area (Å²) < 4.78 is 5.36. The smallest absolute Gasteiger partial charge is 0.410 e. The summed E-state index contributed by atoms with van der Waals surface area (Å²) in [7, 11) is 0. The highest BCUT2D eigenvalue weighted by molar-refractivity contribution is 5.68. The summed E-state index contributed by atoms with van der Waals surface area (Å²) >= 11 is 0. The monoisotopic (exact) mass is 297 g/mol. The van der Waals surface area contributed by atoms with Gasteiger partial charge in [-0.1, -0.05) is 30.3 Å². The van der Waals surface area contributed by atoms with Gasteiger partial charge in [0.2, 0.25) is 0 Å². The number of ether oxygens (including phenoxy) is 1. The number of hydrogen-bond acceptors (Lipinski definition) is 4. The van der Waals surface area contributed by atoms with Crippen molar-refractivity contribution >= 4 is 11.8 Å². The number of nitrogens with zero attached hydrogens (tertiary/aromatic N) is 3. The van der Waals surface area contributed by atoms with Crippen molar-refractivity contribution in [1.82, 2.24) is 9.88 Å². The minimum Gasteiger partial charge on any atom is -0.445 e. The molecule has 114 valence electrons. The molecule has 0 unspecified atom stereocenters. The number of rotatable bonds is 3. The largest absolute Gasteiger partial charge is 0.445 e. The summed E-state index contributed by atoms with van der Waals surface area (Å²) in [5, 5.41) is 0. The van der Waals surface area contributed by atoms with Crippen molar-refractivity contribution in [3.05, 3.63) is 60.4 Å². The Balaban J connectivity index is 1.48. The zero-order valence-corrected chi connectivity index (χ0v) is 12.4. The van der Waals surface area contributed by atoms with Gasteiger partial charge in [-0.25, -0.2) is 4.79 Å². The van der Waals surface area contributed by atoms with Crippen molar-refractivity contribution in [3.63, 3.8) is 0 Å². The molecule has 1 aliphatic heterocycles. The third-order valence-corrected chi connectivity index (χ3v) is 3.75. The Hall–Kier alpha value is -2.56. The van der Waals surface area contributed by atoms with E-state index in [1.165, 1.54) is 0 Å². The van der Waals surface area contributed by atoms with Crippen LogP contribution >= 0.6 is 0 Å². The first-order valence-corrected chi connectivity index (χ1v) is 7.43. The highest BCUT2D eigenvalue weighted by Crippen LogP contribution is 2.15. The van der Waals surface area contributed by atoms with E-state index in [1.807, 2.05) is 48.7 Å². The molecule has 0 radical (unpaired) electrons. The molecule has 5 nitrogen and oxygen atoms in total. The number of hydrogen-bond donors (Lipinski definition) is 0. The summed E-state index contributed by atoms with van der Waals surface area (Å²) in [6.07, 6.45) is 3.37. The third kappa shape index (κ3) is 3.55. The van der Waals surface area contributed by atoms with Crippen molar-refractivity contribution in [2.75, 3.05) is 31.1 Å². The molecule has 1 fully saturated rings. The van der Waals surface area contributed by atoms with Crippen LogP contribution < -0.4 is 4.90 Å². The molecule has 0 saturated carbocycles. The molecule has 1 aliphatic rings. The number of benzene rings is 1. The number of carbonyl (C=O) groups is 1. The fourth-order valence-corrected chi connectivity index (χ4v) is 2.50. The lowest BCUT2D eigenvalue weighted by Gasteiger charge is -2.35. The SMILES string of the molecule is O=C(OCc1ccccc1)N1CCN(c2cccnc2)CC1. The topological polar surface area (TPSA) is 45.7 Å². The summed E-state index contributed by atoms with van der Waals surface area (Å²) in [5.74, 6) is 0. The van der Waals surface area contributed by atoms with E-state index in [9.17, 15) is 4.79 Å². The Morgan fingerprint density at radius 3 is 2.50 bits per heavy atom. The van der Waals surface area contributed by atoms with E-state index in [2.05, 4.69) is 9.88 Å². The fourth-order valence-electron chi connectivity index (χ4n) is 2.50. The molecule has 0 spiro atoms. The Morgan fingerprint density at radius 1 is 1.05 bits per heavy atom. The maximum atomic E-state index is 12.1. The second kappa shape index (κ2) is 6.93. The van der Waals surface area contributed by atoms with Crippen LogP contribution in [0.2, 0.25) is 0 Å². The van der Waals surface area contributed by atoms with E-state index in [0.29, 0.717) is 19.7 Å². The van der Waals surface area contributed by atoms with Crippen molar-refractivity contribution in [1.29, 1.82) is 0 Å². The van der Waals surface area contributed by atoms with Crippen LogP contribution in [0.25, 0.3) is 0 Å². The Bertz CT molecular complexity index is 596. The lowest BCUT2D eigenvalue weighted by Crippen LogP contribution is -2.48. The molecule has 1 saturated heterocycles. The minimum absolute atomic E-state index is 0.241. The number of piperazine rings is 1. The van der Waals surface area contributed by atoms with Gasteiger partial charge in [0.25, 0.3) is 0 Å². The Morgan fingerprint density at radius 2 is 1.82 bits per heavy atom. The normalized spacial score (nSPS) is 14.7. The molecular weight excluding hydrogens is 278 g/mol. The van der Waals surface area contributed by atoms with Crippen molar-refractivity contribution < 1.29 is 9.53 Å². The number of anilines is 1. The van der Waals surface area contributed by atoms with E-state index < -0.39 is 0 Å². The molecule has 2 aromatic rings. The molecule has 1 aromatic heterocycles. The summed E-state index contributed by atoms with van der Waals surface area (Å²) in [6, 6.07) is 13.7. The third-order valence-electron chi connectivity index (χ3n) is 3.75. The van der Waals surface area contributed by atoms with Gasteiger partial charge >= 0.3 is 6.09 Å². The van der Waals surface area contributed by atoms with Gasteiger partial charge in [-0.15, -0.1) is 0 Å².